The molecule has 0 bridgehead atoms. The number of likely N-dealkylation sites (tertiary alicyclic amines) is 1. The molecule has 0 spiro atoms. The summed E-state index contributed by atoms with van der Waals surface area (Å²) in [5.41, 5.74) is -1.19. The van der Waals surface area contributed by atoms with Crippen LogP contribution in [-0.2, 0) is 14.4 Å². The monoisotopic (exact) mass is 308 g/mol. The third-order valence-corrected chi connectivity index (χ3v) is 5.52. The minimum atomic E-state index is -1.19. The highest BCUT2D eigenvalue weighted by molar-refractivity contribution is 5.93. The summed E-state index contributed by atoms with van der Waals surface area (Å²) in [6, 6.07) is 0.277. The maximum Gasteiger partial charge on any atom is 0.329 e. The number of carbonyl (C=O) groups excluding carboxylic acids is 2. The lowest BCUT2D eigenvalue weighted by atomic mass is 9.94. The summed E-state index contributed by atoms with van der Waals surface area (Å²) in [6.45, 7) is 2.02. The summed E-state index contributed by atoms with van der Waals surface area (Å²) in [5.74, 6) is -1.64. The van der Waals surface area contributed by atoms with Crippen LogP contribution in [0.5, 0.6) is 0 Å². The SMILES string of the molecule is C[C@@](NC(=O)[C@H]1CC(=O)N(C2CCCC2)C1)(C(=O)O)C1CC1. The molecule has 0 aromatic rings. The third kappa shape index (κ3) is 2.71. The van der Waals surface area contributed by atoms with E-state index in [9.17, 15) is 19.5 Å². The van der Waals surface area contributed by atoms with E-state index < -0.39 is 17.4 Å². The topological polar surface area (TPSA) is 86.7 Å². The maximum absolute atomic E-state index is 12.5. The molecule has 2 N–H and O–H groups in total. The molecular weight excluding hydrogens is 284 g/mol. The molecule has 3 aliphatic rings. The van der Waals surface area contributed by atoms with Crippen LogP contribution in [-0.4, -0.2) is 45.9 Å². The zero-order chi connectivity index (χ0) is 15.9. The molecule has 0 radical (unpaired) electrons. The van der Waals surface area contributed by atoms with Crippen LogP contribution in [0.3, 0.4) is 0 Å². The Morgan fingerprint density at radius 3 is 2.41 bits per heavy atom. The van der Waals surface area contributed by atoms with E-state index in [4.69, 9.17) is 0 Å². The van der Waals surface area contributed by atoms with Crippen molar-refractivity contribution < 1.29 is 19.5 Å². The summed E-state index contributed by atoms with van der Waals surface area (Å²) < 4.78 is 0. The van der Waals surface area contributed by atoms with Crippen LogP contribution < -0.4 is 5.32 Å². The lowest BCUT2D eigenvalue weighted by Crippen LogP contribution is -2.55. The normalized spacial score (nSPS) is 28.7. The minimum Gasteiger partial charge on any atom is -0.480 e. The van der Waals surface area contributed by atoms with Crippen molar-refractivity contribution in [2.24, 2.45) is 11.8 Å². The third-order valence-electron chi connectivity index (χ3n) is 5.52. The molecule has 1 saturated heterocycles. The average molecular weight is 308 g/mol. The smallest absolute Gasteiger partial charge is 0.329 e. The molecule has 2 saturated carbocycles. The first kappa shape index (κ1) is 15.3. The molecule has 2 atom stereocenters. The van der Waals surface area contributed by atoms with Gasteiger partial charge in [0.25, 0.3) is 0 Å². The zero-order valence-electron chi connectivity index (χ0n) is 13.0. The number of aliphatic carboxylic acids is 1. The number of carbonyl (C=O) groups is 3. The number of hydrogen-bond donors (Lipinski definition) is 2. The van der Waals surface area contributed by atoms with E-state index in [0.29, 0.717) is 6.54 Å². The first-order chi connectivity index (χ1) is 10.4. The second-order valence-corrected chi connectivity index (χ2v) is 7.16. The summed E-state index contributed by atoms with van der Waals surface area (Å²) in [4.78, 5) is 37.9. The van der Waals surface area contributed by atoms with E-state index in [2.05, 4.69) is 5.32 Å². The molecule has 0 aromatic carbocycles. The Kier molecular flexibility index (Phi) is 3.87. The van der Waals surface area contributed by atoms with Gasteiger partial charge < -0.3 is 15.3 Å². The second-order valence-electron chi connectivity index (χ2n) is 7.16. The van der Waals surface area contributed by atoms with Crippen LogP contribution in [0.15, 0.2) is 0 Å². The molecule has 1 heterocycles. The van der Waals surface area contributed by atoms with Crippen LogP contribution in [0.1, 0.15) is 51.9 Å². The van der Waals surface area contributed by atoms with Crippen molar-refractivity contribution in [3.63, 3.8) is 0 Å². The van der Waals surface area contributed by atoms with E-state index in [0.717, 1.165) is 38.5 Å². The number of rotatable bonds is 5. The number of hydrogen-bond acceptors (Lipinski definition) is 3. The van der Waals surface area contributed by atoms with Gasteiger partial charge >= 0.3 is 5.97 Å². The summed E-state index contributed by atoms with van der Waals surface area (Å²) in [7, 11) is 0. The summed E-state index contributed by atoms with van der Waals surface area (Å²) >= 11 is 0. The highest BCUT2D eigenvalue weighted by Gasteiger charge is 2.50. The lowest BCUT2D eigenvalue weighted by molar-refractivity contribution is -0.148. The van der Waals surface area contributed by atoms with Crippen molar-refractivity contribution in [3.05, 3.63) is 0 Å². The van der Waals surface area contributed by atoms with E-state index in [1.54, 1.807) is 6.92 Å². The lowest BCUT2D eigenvalue weighted by Gasteiger charge is -2.28. The van der Waals surface area contributed by atoms with Gasteiger partial charge in [-0.25, -0.2) is 4.79 Å². The van der Waals surface area contributed by atoms with E-state index in [1.807, 2.05) is 4.90 Å². The maximum atomic E-state index is 12.5. The largest absolute Gasteiger partial charge is 0.480 e. The van der Waals surface area contributed by atoms with Crippen molar-refractivity contribution in [3.8, 4) is 0 Å². The molecule has 2 aliphatic carbocycles. The number of amides is 2. The summed E-state index contributed by atoms with van der Waals surface area (Å²) in [6.07, 6.45) is 6.21. The minimum absolute atomic E-state index is 0.0111. The van der Waals surface area contributed by atoms with Gasteiger partial charge in [0, 0.05) is 19.0 Å². The molecule has 3 rings (SSSR count). The Hall–Kier alpha value is -1.59. The van der Waals surface area contributed by atoms with E-state index in [1.165, 1.54) is 0 Å². The van der Waals surface area contributed by atoms with Crippen LogP contribution in [0.25, 0.3) is 0 Å². The molecule has 3 fully saturated rings. The fourth-order valence-electron chi connectivity index (χ4n) is 3.82. The Morgan fingerprint density at radius 2 is 1.86 bits per heavy atom. The van der Waals surface area contributed by atoms with Gasteiger partial charge in [-0.2, -0.15) is 0 Å². The first-order valence-corrected chi connectivity index (χ1v) is 8.26. The van der Waals surface area contributed by atoms with Gasteiger partial charge in [-0.3, -0.25) is 9.59 Å². The zero-order valence-corrected chi connectivity index (χ0v) is 13.0. The van der Waals surface area contributed by atoms with Gasteiger partial charge in [-0.1, -0.05) is 12.8 Å². The van der Waals surface area contributed by atoms with E-state index in [-0.39, 0.29) is 30.2 Å². The highest BCUT2D eigenvalue weighted by Crippen LogP contribution is 2.40. The number of carboxylic acid groups (broad SMARTS) is 1. The number of nitrogens with one attached hydrogen (secondary N) is 1. The Bertz CT molecular complexity index is 496. The van der Waals surface area contributed by atoms with Gasteiger partial charge in [0.2, 0.25) is 11.8 Å². The van der Waals surface area contributed by atoms with Crippen LogP contribution in [0.2, 0.25) is 0 Å². The summed E-state index contributed by atoms with van der Waals surface area (Å²) in [5, 5.41) is 12.1. The van der Waals surface area contributed by atoms with Gasteiger partial charge in [-0.15, -0.1) is 0 Å². The van der Waals surface area contributed by atoms with Gasteiger partial charge in [-0.05, 0) is 38.5 Å². The Labute approximate surface area is 130 Å². The predicted molar refractivity (Wildman–Crippen MR) is 79.0 cm³/mol. The fourth-order valence-corrected chi connectivity index (χ4v) is 3.82. The van der Waals surface area contributed by atoms with E-state index >= 15 is 0 Å². The second kappa shape index (κ2) is 5.56. The van der Waals surface area contributed by atoms with Crippen molar-refractivity contribution in [1.29, 1.82) is 0 Å². The number of carboxylic acids is 1. The number of nitrogens with zero attached hydrogens (tertiary/aromatic N) is 1. The predicted octanol–water partition coefficient (Wildman–Crippen LogP) is 1.15. The van der Waals surface area contributed by atoms with Gasteiger partial charge in [0.15, 0.2) is 0 Å². The molecule has 0 aromatic heterocycles. The standard InChI is InChI=1S/C16H24N2O4/c1-16(15(21)22,11-6-7-11)17-14(20)10-8-13(19)18(9-10)12-4-2-3-5-12/h10-12H,2-9H2,1H3,(H,17,20)(H,21,22)/t10-,16-/m0/s1. The fraction of sp³-hybridized carbons (Fsp3) is 0.812. The van der Waals surface area contributed by atoms with Crippen LogP contribution in [0.4, 0.5) is 0 Å². The molecule has 6 heteroatoms. The quantitative estimate of drug-likeness (QED) is 0.797. The molecule has 0 unspecified atom stereocenters. The average Bonchev–Trinajstić information content (AvgIpc) is 3.05. The molecule has 2 amide bonds. The van der Waals surface area contributed by atoms with Crippen LogP contribution in [0, 0.1) is 11.8 Å². The van der Waals surface area contributed by atoms with Gasteiger partial charge in [0.1, 0.15) is 5.54 Å². The molecule has 6 nitrogen and oxygen atoms in total. The van der Waals surface area contributed by atoms with Crippen molar-refractivity contribution >= 4 is 17.8 Å². The van der Waals surface area contributed by atoms with Crippen LogP contribution >= 0.6 is 0 Å². The van der Waals surface area contributed by atoms with Crippen molar-refractivity contribution in [2.75, 3.05) is 6.54 Å². The molecule has 122 valence electrons. The van der Waals surface area contributed by atoms with Gasteiger partial charge in [0.05, 0.1) is 5.92 Å². The Balaban J connectivity index is 1.63. The molecule has 22 heavy (non-hydrogen) atoms. The first-order valence-electron chi connectivity index (χ1n) is 8.26. The highest BCUT2D eigenvalue weighted by atomic mass is 16.4. The van der Waals surface area contributed by atoms with Crippen molar-refractivity contribution in [2.45, 2.75) is 63.5 Å². The Morgan fingerprint density at radius 1 is 1.23 bits per heavy atom. The molecular formula is C16H24N2O4. The van der Waals surface area contributed by atoms with Crippen molar-refractivity contribution in [1.82, 2.24) is 10.2 Å². The molecule has 1 aliphatic heterocycles.